The highest BCUT2D eigenvalue weighted by Gasteiger charge is 2.33. The van der Waals surface area contributed by atoms with E-state index in [4.69, 9.17) is 10.5 Å². The van der Waals surface area contributed by atoms with Gasteiger partial charge in [0, 0.05) is 30.3 Å². The van der Waals surface area contributed by atoms with E-state index in [1.807, 2.05) is 25.1 Å². The van der Waals surface area contributed by atoms with Gasteiger partial charge in [0.25, 0.3) is 0 Å². The maximum Gasteiger partial charge on any atom is 0.159 e. The number of carbonyl (C=O) groups is 1. The molecule has 0 heterocycles. The Kier molecular flexibility index (Phi) is 7.33. The Bertz CT molecular complexity index is 503. The van der Waals surface area contributed by atoms with Gasteiger partial charge >= 0.3 is 0 Å². The number of hydrogen-bond donors (Lipinski definition) is 1. The van der Waals surface area contributed by atoms with E-state index in [1.165, 1.54) is 12.8 Å². The first-order valence-electron chi connectivity index (χ1n) is 7.73. The minimum Gasteiger partial charge on any atom is -0.494 e. The van der Waals surface area contributed by atoms with Crippen LogP contribution in [-0.2, 0) is 6.54 Å². The number of benzene rings is 1. The highest BCUT2D eigenvalue weighted by Crippen LogP contribution is 2.35. The molecule has 1 fully saturated rings. The summed E-state index contributed by atoms with van der Waals surface area (Å²) in [5.74, 6) is 1.67. The quantitative estimate of drug-likeness (QED) is 0.746. The van der Waals surface area contributed by atoms with E-state index < -0.39 is 0 Å². The number of nitrogens with two attached hydrogens (primary N) is 1. The van der Waals surface area contributed by atoms with E-state index >= 15 is 0 Å². The summed E-state index contributed by atoms with van der Waals surface area (Å²) >= 11 is 0. The van der Waals surface area contributed by atoms with E-state index in [1.54, 1.807) is 6.92 Å². The van der Waals surface area contributed by atoms with E-state index in [2.05, 4.69) is 11.9 Å². The first-order valence-corrected chi connectivity index (χ1v) is 7.73. The van der Waals surface area contributed by atoms with Gasteiger partial charge in [0.05, 0.1) is 6.61 Å². The molecule has 22 heavy (non-hydrogen) atoms. The van der Waals surface area contributed by atoms with Gasteiger partial charge in [-0.2, -0.15) is 0 Å². The van der Waals surface area contributed by atoms with Crippen molar-refractivity contribution in [2.75, 3.05) is 20.2 Å². The highest BCUT2D eigenvalue weighted by molar-refractivity contribution is 5.94. The highest BCUT2D eigenvalue weighted by atomic mass is 35.5. The lowest BCUT2D eigenvalue weighted by molar-refractivity contribution is 0.101. The number of halogens is 1. The molecule has 0 amide bonds. The van der Waals surface area contributed by atoms with Crippen molar-refractivity contribution in [1.29, 1.82) is 0 Å². The predicted molar refractivity (Wildman–Crippen MR) is 91.9 cm³/mol. The van der Waals surface area contributed by atoms with Crippen molar-refractivity contribution in [1.82, 2.24) is 4.90 Å². The number of ketones is 1. The molecule has 124 valence electrons. The van der Waals surface area contributed by atoms with E-state index in [9.17, 15) is 4.79 Å². The van der Waals surface area contributed by atoms with Gasteiger partial charge in [-0.05, 0) is 57.9 Å². The molecule has 1 unspecified atom stereocenters. The van der Waals surface area contributed by atoms with Crippen molar-refractivity contribution in [3.05, 3.63) is 29.3 Å². The van der Waals surface area contributed by atoms with Gasteiger partial charge in [0.15, 0.2) is 5.78 Å². The number of ether oxygens (including phenoxy) is 1. The Labute approximate surface area is 139 Å². The number of hydrogen-bond acceptors (Lipinski definition) is 4. The van der Waals surface area contributed by atoms with E-state index in [0.717, 1.165) is 29.3 Å². The fourth-order valence-electron chi connectivity index (χ4n) is 2.82. The summed E-state index contributed by atoms with van der Waals surface area (Å²) in [6, 6.07) is 6.10. The second-order valence-electron chi connectivity index (χ2n) is 5.87. The molecule has 1 atom stereocenters. The molecule has 1 aliphatic rings. The minimum absolute atomic E-state index is 0. The number of carbonyl (C=O) groups excluding carboxylic acids is 1. The molecule has 1 aromatic carbocycles. The van der Waals surface area contributed by atoms with Crippen LogP contribution in [-0.4, -0.2) is 36.9 Å². The van der Waals surface area contributed by atoms with Crippen LogP contribution < -0.4 is 10.5 Å². The average molecular weight is 327 g/mol. The van der Waals surface area contributed by atoms with Gasteiger partial charge in [-0.3, -0.25) is 9.69 Å². The van der Waals surface area contributed by atoms with Crippen molar-refractivity contribution in [2.45, 2.75) is 39.3 Å². The molecule has 5 heteroatoms. The molecule has 0 spiro atoms. The zero-order valence-electron chi connectivity index (χ0n) is 13.7. The number of likely N-dealkylation sites (N-methyl/N-ethyl adjacent to an activating group) is 1. The van der Waals surface area contributed by atoms with Crippen LogP contribution in [0.2, 0.25) is 0 Å². The third-order valence-corrected chi connectivity index (χ3v) is 4.16. The van der Waals surface area contributed by atoms with Gasteiger partial charge in [0.1, 0.15) is 5.75 Å². The molecule has 1 saturated carbocycles. The molecule has 0 bridgehead atoms. The van der Waals surface area contributed by atoms with Gasteiger partial charge in [-0.25, -0.2) is 0 Å². The Hall–Kier alpha value is -1.10. The van der Waals surface area contributed by atoms with Crippen LogP contribution in [0.1, 0.15) is 42.6 Å². The molecule has 2 rings (SSSR count). The fourth-order valence-corrected chi connectivity index (χ4v) is 2.82. The molecule has 0 aromatic heterocycles. The molecule has 0 aliphatic heterocycles. The standard InChI is InChI=1S/C17H26N2O2.ClH/c1-4-21-17-8-7-14(12(2)20)9-15(17)11-19(3)16(10-18)13-5-6-13;/h7-9,13,16H,4-6,10-11,18H2,1-3H3;1H. The molecule has 2 N–H and O–H groups in total. The third kappa shape index (κ3) is 4.70. The lowest BCUT2D eigenvalue weighted by Crippen LogP contribution is -2.39. The summed E-state index contributed by atoms with van der Waals surface area (Å²) in [4.78, 5) is 13.9. The number of Topliss-reactive ketones (excluding diaryl/α,β-unsaturated/α-hetero) is 1. The van der Waals surface area contributed by atoms with Crippen molar-refractivity contribution in [2.24, 2.45) is 11.7 Å². The molecule has 1 aromatic rings. The van der Waals surface area contributed by atoms with E-state index in [-0.39, 0.29) is 18.2 Å². The molecular weight excluding hydrogens is 300 g/mol. The van der Waals surface area contributed by atoms with Crippen molar-refractivity contribution in [3.63, 3.8) is 0 Å². The molecule has 0 saturated heterocycles. The van der Waals surface area contributed by atoms with Gasteiger partial charge < -0.3 is 10.5 Å². The summed E-state index contributed by atoms with van der Waals surface area (Å²) in [6.45, 7) is 5.63. The molecule has 4 nitrogen and oxygen atoms in total. The summed E-state index contributed by atoms with van der Waals surface area (Å²) in [5, 5.41) is 0. The second-order valence-corrected chi connectivity index (χ2v) is 5.87. The van der Waals surface area contributed by atoms with E-state index in [0.29, 0.717) is 19.2 Å². The monoisotopic (exact) mass is 326 g/mol. The maximum atomic E-state index is 11.6. The lowest BCUT2D eigenvalue weighted by atomic mass is 10.0. The van der Waals surface area contributed by atoms with Crippen LogP contribution >= 0.6 is 12.4 Å². The first kappa shape index (κ1) is 18.9. The van der Waals surface area contributed by atoms with Gasteiger partial charge in [-0.15, -0.1) is 12.4 Å². The normalized spacial score (nSPS) is 15.3. The van der Waals surface area contributed by atoms with Crippen LogP contribution in [0.25, 0.3) is 0 Å². The Morgan fingerprint density at radius 3 is 2.64 bits per heavy atom. The SMILES string of the molecule is CCOc1ccc(C(C)=O)cc1CN(C)C(CN)C1CC1.Cl. The predicted octanol–water partition coefficient (Wildman–Crippen LogP) is 2.88. The zero-order chi connectivity index (χ0) is 15.4. The largest absolute Gasteiger partial charge is 0.494 e. The minimum atomic E-state index is 0. The lowest BCUT2D eigenvalue weighted by Gasteiger charge is -2.27. The van der Waals surface area contributed by atoms with Crippen LogP contribution in [0.15, 0.2) is 18.2 Å². The fraction of sp³-hybridized carbons (Fsp3) is 0.588. The number of nitrogens with zero attached hydrogens (tertiary/aromatic N) is 1. The van der Waals surface area contributed by atoms with Crippen molar-refractivity contribution in [3.8, 4) is 5.75 Å². The Balaban J connectivity index is 0.00000242. The number of rotatable bonds is 8. The van der Waals surface area contributed by atoms with Crippen LogP contribution in [0, 0.1) is 5.92 Å². The summed E-state index contributed by atoms with van der Waals surface area (Å²) in [6.07, 6.45) is 2.55. The second kappa shape index (κ2) is 8.51. The van der Waals surface area contributed by atoms with Gasteiger partial charge in [0.2, 0.25) is 0 Å². The smallest absolute Gasteiger partial charge is 0.159 e. The summed E-state index contributed by atoms with van der Waals surface area (Å²) in [7, 11) is 2.10. The Morgan fingerprint density at radius 1 is 1.45 bits per heavy atom. The van der Waals surface area contributed by atoms with Crippen LogP contribution in [0.3, 0.4) is 0 Å². The van der Waals surface area contributed by atoms with Crippen molar-refractivity contribution >= 4 is 18.2 Å². The molecule has 1 aliphatic carbocycles. The van der Waals surface area contributed by atoms with Crippen LogP contribution in [0.5, 0.6) is 5.75 Å². The maximum absolute atomic E-state index is 11.6. The zero-order valence-corrected chi connectivity index (χ0v) is 14.5. The third-order valence-electron chi connectivity index (χ3n) is 4.16. The topological polar surface area (TPSA) is 55.6 Å². The summed E-state index contributed by atoms with van der Waals surface area (Å²) in [5.41, 5.74) is 7.71. The first-order chi connectivity index (χ1) is 10.1. The Morgan fingerprint density at radius 2 is 2.14 bits per heavy atom. The summed E-state index contributed by atoms with van der Waals surface area (Å²) < 4.78 is 5.69. The molecular formula is C17H27ClN2O2. The van der Waals surface area contributed by atoms with Gasteiger partial charge in [-0.1, -0.05) is 0 Å². The van der Waals surface area contributed by atoms with Crippen LogP contribution in [0.4, 0.5) is 0 Å². The average Bonchev–Trinajstić information content (AvgIpc) is 3.26. The molecule has 0 radical (unpaired) electrons. The van der Waals surface area contributed by atoms with Crippen molar-refractivity contribution < 1.29 is 9.53 Å².